The number of nitrogens with zero attached hydrogens (tertiary/aromatic N) is 3. The summed E-state index contributed by atoms with van der Waals surface area (Å²) in [5.41, 5.74) is 2.41. The van der Waals surface area contributed by atoms with Crippen molar-refractivity contribution in [3.05, 3.63) is 78.5 Å². The van der Waals surface area contributed by atoms with Crippen LogP contribution in [-0.4, -0.2) is 14.6 Å². The van der Waals surface area contributed by atoms with Gasteiger partial charge in [-0.15, -0.1) is 5.10 Å². The highest BCUT2D eigenvalue weighted by molar-refractivity contribution is 7.15. The van der Waals surface area contributed by atoms with Gasteiger partial charge in [-0.2, -0.15) is 9.50 Å². The van der Waals surface area contributed by atoms with Crippen LogP contribution in [0.4, 0.5) is 0 Å². The predicted octanol–water partition coefficient (Wildman–Crippen LogP) is 3.98. The molecule has 0 N–H and O–H groups in total. The van der Waals surface area contributed by atoms with Crippen LogP contribution in [0, 0.1) is 6.92 Å². The lowest BCUT2D eigenvalue weighted by atomic mass is 10.1. The molecule has 0 saturated carbocycles. The minimum atomic E-state index is -0.234. The van der Waals surface area contributed by atoms with Gasteiger partial charge >= 0.3 is 0 Å². The van der Waals surface area contributed by atoms with Gasteiger partial charge in [0.15, 0.2) is 5.82 Å². The van der Waals surface area contributed by atoms with E-state index in [0.29, 0.717) is 30.9 Å². The Hall–Kier alpha value is -2.21. The van der Waals surface area contributed by atoms with Gasteiger partial charge in [0.2, 0.25) is 4.96 Å². The Balaban J connectivity index is 1.85. The second kappa shape index (κ2) is 6.26. The van der Waals surface area contributed by atoms with Crippen molar-refractivity contribution < 1.29 is 0 Å². The molecule has 0 fully saturated rings. The minimum absolute atomic E-state index is 0.234. The lowest BCUT2D eigenvalue weighted by Gasteiger charge is -1.99. The molecule has 0 spiro atoms. The van der Waals surface area contributed by atoms with E-state index in [2.05, 4.69) is 10.1 Å². The van der Waals surface area contributed by atoms with Gasteiger partial charge in [0, 0.05) is 21.2 Å². The number of hydrogen-bond acceptors (Lipinski definition) is 4. The van der Waals surface area contributed by atoms with Crippen LogP contribution in [0.5, 0.6) is 0 Å². The first-order valence-corrected chi connectivity index (χ1v) is 9.02. The first-order valence-electron chi connectivity index (χ1n) is 7.45. The average molecular weight is 388 g/mol. The number of thiazole rings is 1. The van der Waals surface area contributed by atoms with E-state index in [1.165, 1.54) is 15.9 Å². The second-order valence-corrected chi connectivity index (χ2v) is 7.37. The molecule has 4 rings (SSSR count). The second-order valence-electron chi connectivity index (χ2n) is 5.55. The third-order valence-corrected chi connectivity index (χ3v) is 5.39. The lowest BCUT2D eigenvalue weighted by molar-refractivity contribution is 0.937. The van der Waals surface area contributed by atoms with Crippen molar-refractivity contribution in [2.75, 3.05) is 0 Å². The van der Waals surface area contributed by atoms with Crippen molar-refractivity contribution in [2.45, 2.75) is 6.92 Å². The maximum Gasteiger partial charge on any atom is 0.291 e. The number of benzene rings is 2. The molecule has 0 aliphatic heterocycles. The standard InChI is InChI=1S/C18H11Cl2N3OS/c1-10-5-7-11(8-6-10)16-21-18-23(22-16)17(24)15(25-18)9-12-13(19)3-2-4-14(12)20/h2-9H,1H3. The summed E-state index contributed by atoms with van der Waals surface area (Å²) in [7, 11) is 0. The fourth-order valence-electron chi connectivity index (χ4n) is 2.44. The number of aromatic nitrogens is 3. The van der Waals surface area contributed by atoms with Crippen LogP contribution in [0.1, 0.15) is 11.1 Å². The van der Waals surface area contributed by atoms with E-state index in [-0.39, 0.29) is 5.56 Å². The molecule has 0 radical (unpaired) electrons. The Morgan fingerprint density at radius 1 is 1.08 bits per heavy atom. The first-order chi connectivity index (χ1) is 12.0. The van der Waals surface area contributed by atoms with Gasteiger partial charge in [-0.1, -0.05) is 70.4 Å². The summed E-state index contributed by atoms with van der Waals surface area (Å²) < 4.78 is 1.80. The van der Waals surface area contributed by atoms with E-state index in [9.17, 15) is 4.79 Å². The Morgan fingerprint density at radius 2 is 1.76 bits per heavy atom. The normalized spacial score (nSPS) is 12.2. The molecule has 2 aromatic heterocycles. The molecule has 124 valence electrons. The monoisotopic (exact) mass is 387 g/mol. The summed E-state index contributed by atoms with van der Waals surface area (Å²) in [5, 5.41) is 5.32. The number of rotatable bonds is 2. The SMILES string of the molecule is Cc1ccc(-c2nc3sc(=Cc4c(Cl)cccc4Cl)c(=O)n3n2)cc1. The van der Waals surface area contributed by atoms with Crippen molar-refractivity contribution >= 4 is 45.6 Å². The summed E-state index contributed by atoms with van der Waals surface area (Å²) >= 11 is 13.6. The fourth-order valence-corrected chi connectivity index (χ4v) is 3.83. The van der Waals surface area contributed by atoms with Crippen LogP contribution < -0.4 is 10.1 Å². The summed E-state index contributed by atoms with van der Waals surface area (Å²) in [6.45, 7) is 2.01. The molecule has 0 unspecified atom stereocenters. The molecule has 2 aromatic carbocycles. The van der Waals surface area contributed by atoms with E-state index in [0.717, 1.165) is 11.1 Å². The van der Waals surface area contributed by atoms with Crippen LogP contribution in [0.25, 0.3) is 22.4 Å². The smallest absolute Gasteiger partial charge is 0.266 e. The molecule has 4 aromatic rings. The van der Waals surface area contributed by atoms with Gasteiger partial charge in [0.1, 0.15) is 0 Å². The highest BCUT2D eigenvalue weighted by atomic mass is 35.5. The molecule has 2 heterocycles. The average Bonchev–Trinajstić information content (AvgIpc) is 3.12. The molecular formula is C18H11Cl2N3OS. The third kappa shape index (κ3) is 2.95. The highest BCUT2D eigenvalue weighted by Gasteiger charge is 2.12. The number of halogens is 2. The molecule has 0 saturated heterocycles. The van der Waals surface area contributed by atoms with Crippen molar-refractivity contribution in [3.8, 4) is 11.4 Å². The largest absolute Gasteiger partial charge is 0.291 e. The maximum atomic E-state index is 12.6. The number of fused-ring (bicyclic) bond motifs is 1. The van der Waals surface area contributed by atoms with Gasteiger partial charge in [-0.3, -0.25) is 4.79 Å². The van der Waals surface area contributed by atoms with Crippen LogP contribution >= 0.6 is 34.5 Å². The Labute approximate surface area is 157 Å². The van der Waals surface area contributed by atoms with Crippen LogP contribution in [0.15, 0.2) is 47.3 Å². The quantitative estimate of drug-likeness (QED) is 0.522. The number of hydrogen-bond donors (Lipinski definition) is 0. The van der Waals surface area contributed by atoms with Crippen molar-refractivity contribution in [1.29, 1.82) is 0 Å². The fraction of sp³-hybridized carbons (Fsp3) is 0.0556. The van der Waals surface area contributed by atoms with Crippen molar-refractivity contribution in [1.82, 2.24) is 14.6 Å². The molecule has 0 amide bonds. The molecular weight excluding hydrogens is 377 g/mol. The van der Waals surface area contributed by atoms with Crippen molar-refractivity contribution in [3.63, 3.8) is 0 Å². The molecule has 25 heavy (non-hydrogen) atoms. The summed E-state index contributed by atoms with van der Waals surface area (Å²) in [6.07, 6.45) is 1.68. The van der Waals surface area contributed by atoms with E-state index in [1.807, 2.05) is 31.2 Å². The molecule has 0 aliphatic rings. The summed E-state index contributed by atoms with van der Waals surface area (Å²) in [4.78, 5) is 17.6. The summed E-state index contributed by atoms with van der Waals surface area (Å²) in [5.74, 6) is 0.533. The topological polar surface area (TPSA) is 47.3 Å². The Bertz CT molecular complexity index is 1180. The third-order valence-electron chi connectivity index (χ3n) is 3.77. The Kier molecular flexibility index (Phi) is 4.07. The molecule has 7 heteroatoms. The predicted molar refractivity (Wildman–Crippen MR) is 103 cm³/mol. The summed E-state index contributed by atoms with van der Waals surface area (Å²) in [6, 6.07) is 13.1. The van der Waals surface area contributed by atoms with Gasteiger partial charge in [0.05, 0.1) is 4.53 Å². The van der Waals surface area contributed by atoms with Crippen LogP contribution in [-0.2, 0) is 0 Å². The molecule has 0 atom stereocenters. The maximum absolute atomic E-state index is 12.6. The van der Waals surface area contributed by atoms with E-state index >= 15 is 0 Å². The highest BCUT2D eigenvalue weighted by Crippen LogP contribution is 2.25. The van der Waals surface area contributed by atoms with Gasteiger partial charge in [0.25, 0.3) is 5.56 Å². The zero-order valence-electron chi connectivity index (χ0n) is 13.0. The number of aryl methyl sites for hydroxylation is 1. The van der Waals surface area contributed by atoms with Gasteiger partial charge < -0.3 is 0 Å². The molecule has 4 nitrogen and oxygen atoms in total. The van der Waals surface area contributed by atoms with E-state index in [1.54, 1.807) is 24.3 Å². The van der Waals surface area contributed by atoms with Gasteiger partial charge in [-0.05, 0) is 25.1 Å². The van der Waals surface area contributed by atoms with Crippen LogP contribution in [0.2, 0.25) is 10.0 Å². The molecule has 0 bridgehead atoms. The minimum Gasteiger partial charge on any atom is -0.266 e. The Morgan fingerprint density at radius 3 is 2.40 bits per heavy atom. The molecule has 0 aliphatic carbocycles. The van der Waals surface area contributed by atoms with Gasteiger partial charge in [-0.25, -0.2) is 0 Å². The lowest BCUT2D eigenvalue weighted by Crippen LogP contribution is -2.23. The van der Waals surface area contributed by atoms with Crippen LogP contribution in [0.3, 0.4) is 0 Å². The van der Waals surface area contributed by atoms with Crippen molar-refractivity contribution in [2.24, 2.45) is 0 Å². The van der Waals surface area contributed by atoms with E-state index in [4.69, 9.17) is 23.2 Å². The first kappa shape index (κ1) is 16.3. The van der Waals surface area contributed by atoms with E-state index < -0.39 is 0 Å². The zero-order valence-corrected chi connectivity index (χ0v) is 15.4. The zero-order chi connectivity index (χ0) is 17.6.